The molecule has 2 heterocycles. The monoisotopic (exact) mass is 283 g/mol. The van der Waals surface area contributed by atoms with Crippen LogP contribution >= 0.6 is 11.3 Å². The van der Waals surface area contributed by atoms with Crippen LogP contribution in [0.1, 0.15) is 10.4 Å². The van der Waals surface area contributed by atoms with Crippen LogP contribution in [0.25, 0.3) is 0 Å². The van der Waals surface area contributed by atoms with Crippen LogP contribution in [0.3, 0.4) is 0 Å². The van der Waals surface area contributed by atoms with Gasteiger partial charge in [-0.3, -0.25) is 9.69 Å². The Morgan fingerprint density at radius 3 is 3.11 bits per heavy atom. The zero-order chi connectivity index (χ0) is 13.8. The lowest BCUT2D eigenvalue weighted by Gasteiger charge is -2.30. The zero-order valence-electron chi connectivity index (χ0n) is 11.5. The summed E-state index contributed by atoms with van der Waals surface area (Å²) in [5.74, 6) is -0.371. The maximum absolute atomic E-state index is 11.1. The van der Waals surface area contributed by atoms with E-state index in [0.717, 1.165) is 19.6 Å². The molecule has 1 aliphatic rings. The largest absolute Gasteiger partial charge is 0.367 e. The lowest BCUT2D eigenvalue weighted by molar-refractivity contribution is -0.135. The predicted octanol–water partition coefficient (Wildman–Crippen LogP) is 0.496. The number of thiophene rings is 1. The molecule has 0 bridgehead atoms. The Morgan fingerprint density at radius 2 is 2.42 bits per heavy atom. The minimum Gasteiger partial charge on any atom is -0.367 e. The molecule has 1 aromatic heterocycles. The van der Waals surface area contributed by atoms with Gasteiger partial charge in [0.25, 0.3) is 0 Å². The zero-order valence-corrected chi connectivity index (χ0v) is 12.3. The molecule has 106 valence electrons. The smallest absolute Gasteiger partial charge is 0.247 e. The molecule has 0 aromatic carbocycles. The van der Waals surface area contributed by atoms with Crippen molar-refractivity contribution < 1.29 is 9.53 Å². The second-order valence-electron chi connectivity index (χ2n) is 5.16. The van der Waals surface area contributed by atoms with Gasteiger partial charge in [0.15, 0.2) is 0 Å². The van der Waals surface area contributed by atoms with E-state index in [-0.39, 0.29) is 5.91 Å². The minimum absolute atomic E-state index is 0.371. The van der Waals surface area contributed by atoms with E-state index >= 15 is 0 Å². The summed E-state index contributed by atoms with van der Waals surface area (Å²) in [5, 5.41) is 2.20. The van der Waals surface area contributed by atoms with Gasteiger partial charge in [-0.15, -0.1) is 11.3 Å². The summed E-state index contributed by atoms with van der Waals surface area (Å²) >= 11 is 1.77. The van der Waals surface area contributed by atoms with Crippen molar-refractivity contribution in [1.29, 1.82) is 0 Å². The molecule has 0 unspecified atom stereocenters. The first-order chi connectivity index (χ1) is 9.04. The molecule has 1 atom stereocenters. The van der Waals surface area contributed by atoms with Crippen molar-refractivity contribution in [1.82, 2.24) is 9.80 Å². The maximum Gasteiger partial charge on any atom is 0.247 e. The van der Waals surface area contributed by atoms with Gasteiger partial charge in [0.05, 0.1) is 6.61 Å². The highest BCUT2D eigenvalue weighted by Crippen LogP contribution is 2.19. The number of morpholine rings is 1. The lowest BCUT2D eigenvalue weighted by atomic mass is 10.2. The topological polar surface area (TPSA) is 58.8 Å². The van der Waals surface area contributed by atoms with Crippen molar-refractivity contribution >= 4 is 17.2 Å². The second kappa shape index (κ2) is 6.47. The molecule has 0 radical (unpaired) electrons. The fraction of sp³-hybridized carbons (Fsp3) is 0.615. The highest BCUT2D eigenvalue weighted by atomic mass is 32.1. The minimum atomic E-state index is -0.463. The van der Waals surface area contributed by atoms with Crippen LogP contribution in [0.2, 0.25) is 0 Å². The highest BCUT2D eigenvalue weighted by Gasteiger charge is 2.24. The van der Waals surface area contributed by atoms with Gasteiger partial charge in [0, 0.05) is 31.1 Å². The van der Waals surface area contributed by atoms with Crippen LogP contribution in [0, 0.1) is 0 Å². The summed E-state index contributed by atoms with van der Waals surface area (Å²) in [6.07, 6.45) is -0.463. The van der Waals surface area contributed by atoms with E-state index in [9.17, 15) is 4.79 Å². The summed E-state index contributed by atoms with van der Waals surface area (Å²) in [4.78, 5) is 16.8. The normalized spacial score (nSPS) is 20.9. The van der Waals surface area contributed by atoms with Crippen LogP contribution in [-0.2, 0) is 22.6 Å². The molecule has 19 heavy (non-hydrogen) atoms. The second-order valence-corrected chi connectivity index (χ2v) is 6.15. The lowest BCUT2D eigenvalue weighted by Crippen LogP contribution is -2.47. The third-order valence-corrected chi connectivity index (χ3v) is 4.02. The number of ether oxygens (including phenoxy) is 1. The standard InChI is InChI=1S/C13H21N3O2S/c1-15(2)6-10-5-11(19-9-10)7-16-3-4-18-12(8-16)13(14)17/h5,9,12H,3-4,6-8H2,1-2H3,(H2,14,17)/t12-/m0/s1. The third kappa shape index (κ3) is 4.28. The van der Waals surface area contributed by atoms with E-state index in [1.54, 1.807) is 11.3 Å². The van der Waals surface area contributed by atoms with Crippen LogP contribution in [0.15, 0.2) is 11.4 Å². The van der Waals surface area contributed by atoms with Gasteiger partial charge in [-0.1, -0.05) is 0 Å². The number of hydrogen-bond acceptors (Lipinski definition) is 5. The number of amides is 1. The van der Waals surface area contributed by atoms with E-state index in [4.69, 9.17) is 10.5 Å². The number of nitrogens with zero attached hydrogens (tertiary/aromatic N) is 2. The summed E-state index contributed by atoms with van der Waals surface area (Å²) in [6.45, 7) is 3.85. The molecular weight excluding hydrogens is 262 g/mol. The van der Waals surface area contributed by atoms with Gasteiger partial charge in [0.1, 0.15) is 6.10 Å². The quantitative estimate of drug-likeness (QED) is 0.855. The summed E-state index contributed by atoms with van der Waals surface area (Å²) < 4.78 is 5.35. The summed E-state index contributed by atoms with van der Waals surface area (Å²) in [6, 6.07) is 2.24. The molecule has 6 heteroatoms. The first-order valence-electron chi connectivity index (χ1n) is 6.39. The number of nitrogens with two attached hydrogens (primary N) is 1. The van der Waals surface area contributed by atoms with Crippen molar-refractivity contribution in [3.8, 4) is 0 Å². The van der Waals surface area contributed by atoms with E-state index < -0.39 is 6.10 Å². The predicted molar refractivity (Wildman–Crippen MR) is 75.9 cm³/mol. The number of rotatable bonds is 5. The van der Waals surface area contributed by atoms with Crippen LogP contribution in [-0.4, -0.2) is 55.6 Å². The Kier molecular flexibility index (Phi) is 4.93. The molecule has 5 nitrogen and oxygen atoms in total. The van der Waals surface area contributed by atoms with Crippen molar-refractivity contribution in [3.05, 3.63) is 21.9 Å². The first kappa shape index (κ1) is 14.5. The molecule has 1 aliphatic heterocycles. The Labute approximate surface area is 117 Å². The molecule has 1 saturated heterocycles. The number of hydrogen-bond donors (Lipinski definition) is 1. The molecule has 2 rings (SSSR count). The Balaban J connectivity index is 1.89. The summed E-state index contributed by atoms with van der Waals surface area (Å²) in [7, 11) is 4.13. The highest BCUT2D eigenvalue weighted by molar-refractivity contribution is 7.10. The molecule has 1 amide bonds. The molecule has 2 N–H and O–H groups in total. The molecule has 0 saturated carbocycles. The fourth-order valence-electron chi connectivity index (χ4n) is 2.20. The Bertz CT molecular complexity index is 433. The van der Waals surface area contributed by atoms with Crippen molar-refractivity contribution in [2.75, 3.05) is 33.8 Å². The average molecular weight is 283 g/mol. The molecule has 0 spiro atoms. The molecule has 1 aromatic rings. The van der Waals surface area contributed by atoms with Crippen LogP contribution in [0.5, 0.6) is 0 Å². The van der Waals surface area contributed by atoms with E-state index in [1.807, 2.05) is 0 Å². The van der Waals surface area contributed by atoms with Gasteiger partial charge in [-0.2, -0.15) is 0 Å². The Hall–Kier alpha value is -0.950. The molecular formula is C13H21N3O2S. The maximum atomic E-state index is 11.1. The first-order valence-corrected chi connectivity index (χ1v) is 7.27. The number of primary amides is 1. The van der Waals surface area contributed by atoms with Gasteiger partial charge in [-0.25, -0.2) is 0 Å². The van der Waals surface area contributed by atoms with E-state index in [1.165, 1.54) is 10.4 Å². The van der Waals surface area contributed by atoms with Crippen LogP contribution < -0.4 is 5.73 Å². The fourth-order valence-corrected chi connectivity index (χ4v) is 3.12. The van der Waals surface area contributed by atoms with Gasteiger partial charge in [-0.05, 0) is 31.1 Å². The van der Waals surface area contributed by atoms with Crippen molar-refractivity contribution in [2.24, 2.45) is 5.73 Å². The average Bonchev–Trinajstić information content (AvgIpc) is 2.76. The van der Waals surface area contributed by atoms with Crippen LogP contribution in [0.4, 0.5) is 0 Å². The van der Waals surface area contributed by atoms with Gasteiger partial charge < -0.3 is 15.4 Å². The van der Waals surface area contributed by atoms with Gasteiger partial charge in [0.2, 0.25) is 5.91 Å². The van der Waals surface area contributed by atoms with Crippen molar-refractivity contribution in [3.63, 3.8) is 0 Å². The Morgan fingerprint density at radius 1 is 1.63 bits per heavy atom. The number of carbonyl (C=O) groups is 1. The van der Waals surface area contributed by atoms with Gasteiger partial charge >= 0.3 is 0 Å². The number of carbonyl (C=O) groups excluding carboxylic acids is 1. The SMILES string of the molecule is CN(C)Cc1csc(CN2CCO[C@H](C(N)=O)C2)c1. The van der Waals surface area contributed by atoms with E-state index in [2.05, 4.69) is 35.3 Å². The third-order valence-electron chi connectivity index (χ3n) is 3.05. The molecule has 0 aliphatic carbocycles. The molecule has 1 fully saturated rings. The van der Waals surface area contributed by atoms with Crippen molar-refractivity contribution in [2.45, 2.75) is 19.2 Å². The summed E-state index contributed by atoms with van der Waals surface area (Å²) in [5.41, 5.74) is 6.63. The van der Waals surface area contributed by atoms with E-state index in [0.29, 0.717) is 13.2 Å².